The molecule has 0 aromatic heterocycles. The third kappa shape index (κ3) is 3.74. The van der Waals surface area contributed by atoms with Crippen molar-refractivity contribution >= 4 is 5.78 Å². The van der Waals surface area contributed by atoms with Gasteiger partial charge in [-0.05, 0) is 13.8 Å². The number of carbonyl (C=O) groups is 1. The molecule has 2 nitrogen and oxygen atoms in total. The highest BCUT2D eigenvalue weighted by molar-refractivity contribution is 6.05. The molecule has 0 N–H and O–H groups in total. The summed E-state index contributed by atoms with van der Waals surface area (Å²) in [4.78, 5) is 12.0. The largest absolute Gasteiger partial charge is 0.496 e. The molecule has 0 saturated heterocycles. The van der Waals surface area contributed by atoms with Crippen molar-refractivity contribution in [2.45, 2.75) is 13.8 Å². The molecule has 2 heteroatoms. The number of hydrogen-bond acceptors (Lipinski definition) is 2. The van der Waals surface area contributed by atoms with Gasteiger partial charge in [0.15, 0.2) is 5.78 Å². The smallest absolute Gasteiger partial charge is 0.189 e. The molecule has 0 bridgehead atoms. The van der Waals surface area contributed by atoms with Crippen LogP contribution in [0.3, 0.4) is 0 Å². The summed E-state index contributed by atoms with van der Waals surface area (Å²) in [6.45, 7) is 3.84. The lowest BCUT2D eigenvalue weighted by Gasteiger charge is -2.06. The van der Waals surface area contributed by atoms with Gasteiger partial charge in [0.2, 0.25) is 0 Å². The first-order valence-electron chi connectivity index (χ1n) is 5.87. The maximum atomic E-state index is 12.0. The molecule has 1 aromatic rings. The number of allylic oxidation sites excluding steroid dienone is 4. The van der Waals surface area contributed by atoms with Crippen LogP contribution in [0.25, 0.3) is 0 Å². The Morgan fingerprint density at radius 3 is 2.33 bits per heavy atom. The Kier molecular flexibility index (Phi) is 5.65. The quantitative estimate of drug-likeness (QED) is 0.338. The third-order valence-electron chi connectivity index (χ3n) is 2.48. The van der Waals surface area contributed by atoms with Gasteiger partial charge in [0.1, 0.15) is 5.76 Å². The number of methoxy groups -OCH3 is 1. The van der Waals surface area contributed by atoms with Gasteiger partial charge < -0.3 is 4.74 Å². The van der Waals surface area contributed by atoms with Crippen LogP contribution in [0.15, 0.2) is 66.0 Å². The van der Waals surface area contributed by atoms with Gasteiger partial charge in [-0.15, -0.1) is 0 Å². The highest BCUT2D eigenvalue weighted by Gasteiger charge is 2.07. The Balaban J connectivity index is 3.02. The van der Waals surface area contributed by atoms with E-state index in [1.807, 2.05) is 50.3 Å². The SMILES string of the molecule is C\C=C/C(=C\C)C(=C/C(=O)c1ccccc1)/OC. The second-order valence-electron chi connectivity index (χ2n) is 3.69. The lowest BCUT2D eigenvalue weighted by atomic mass is 10.1. The normalized spacial score (nSPS) is 12.8. The molecule has 0 aliphatic carbocycles. The minimum absolute atomic E-state index is 0.0590. The second kappa shape index (κ2) is 7.28. The fourth-order valence-corrected chi connectivity index (χ4v) is 1.57. The molecule has 0 unspecified atom stereocenters. The number of rotatable bonds is 5. The summed E-state index contributed by atoms with van der Waals surface area (Å²) < 4.78 is 5.27. The standard InChI is InChI=1S/C16H18O2/c1-4-9-13(5-2)16(18-3)12-15(17)14-10-7-6-8-11-14/h4-12H,1-3H3/b9-4-,13-5+,16-12-. The summed E-state index contributed by atoms with van der Waals surface area (Å²) in [6, 6.07) is 9.15. The van der Waals surface area contributed by atoms with E-state index in [1.165, 1.54) is 6.08 Å². The minimum atomic E-state index is -0.0590. The van der Waals surface area contributed by atoms with Crippen molar-refractivity contribution < 1.29 is 9.53 Å². The van der Waals surface area contributed by atoms with Crippen molar-refractivity contribution in [3.05, 3.63) is 71.5 Å². The summed E-state index contributed by atoms with van der Waals surface area (Å²) in [5.41, 5.74) is 1.55. The lowest BCUT2D eigenvalue weighted by Crippen LogP contribution is -1.99. The lowest BCUT2D eigenvalue weighted by molar-refractivity contribution is 0.104. The maximum Gasteiger partial charge on any atom is 0.189 e. The first kappa shape index (κ1) is 14.0. The summed E-state index contributed by atoms with van der Waals surface area (Å²) in [5.74, 6) is 0.515. The minimum Gasteiger partial charge on any atom is -0.496 e. The van der Waals surface area contributed by atoms with Crippen LogP contribution in [0.1, 0.15) is 24.2 Å². The number of carbonyl (C=O) groups excluding carboxylic acids is 1. The van der Waals surface area contributed by atoms with Crippen LogP contribution in [0, 0.1) is 0 Å². The van der Waals surface area contributed by atoms with Gasteiger partial charge in [-0.1, -0.05) is 48.6 Å². The van der Waals surface area contributed by atoms with E-state index in [2.05, 4.69) is 0 Å². The van der Waals surface area contributed by atoms with Crippen molar-refractivity contribution in [3.8, 4) is 0 Å². The predicted molar refractivity (Wildman–Crippen MR) is 74.4 cm³/mol. The van der Waals surface area contributed by atoms with Crippen LogP contribution in [0.5, 0.6) is 0 Å². The second-order valence-corrected chi connectivity index (χ2v) is 3.69. The van der Waals surface area contributed by atoms with Crippen molar-refractivity contribution in [1.82, 2.24) is 0 Å². The fourth-order valence-electron chi connectivity index (χ4n) is 1.57. The molecular formula is C16H18O2. The molecule has 0 saturated carbocycles. The van der Waals surface area contributed by atoms with Crippen LogP contribution in [-0.4, -0.2) is 12.9 Å². The van der Waals surface area contributed by atoms with Crippen LogP contribution in [0.4, 0.5) is 0 Å². The highest BCUT2D eigenvalue weighted by Crippen LogP contribution is 2.14. The molecule has 0 amide bonds. The van der Waals surface area contributed by atoms with E-state index < -0.39 is 0 Å². The van der Waals surface area contributed by atoms with Crippen LogP contribution >= 0.6 is 0 Å². The van der Waals surface area contributed by atoms with Gasteiger partial charge >= 0.3 is 0 Å². The van der Waals surface area contributed by atoms with E-state index in [0.29, 0.717) is 11.3 Å². The molecule has 0 heterocycles. The van der Waals surface area contributed by atoms with Crippen molar-refractivity contribution in [3.63, 3.8) is 0 Å². The molecule has 0 radical (unpaired) electrons. The zero-order valence-corrected chi connectivity index (χ0v) is 11.0. The monoisotopic (exact) mass is 242 g/mol. The summed E-state index contributed by atoms with van der Waals surface area (Å²) >= 11 is 0. The molecule has 1 aromatic carbocycles. The molecule has 18 heavy (non-hydrogen) atoms. The topological polar surface area (TPSA) is 26.3 Å². The summed E-state index contributed by atoms with van der Waals surface area (Å²) in [7, 11) is 1.57. The van der Waals surface area contributed by atoms with Crippen LogP contribution in [-0.2, 0) is 4.74 Å². The zero-order valence-electron chi connectivity index (χ0n) is 11.0. The van der Waals surface area contributed by atoms with E-state index in [-0.39, 0.29) is 5.78 Å². The third-order valence-corrected chi connectivity index (χ3v) is 2.48. The van der Waals surface area contributed by atoms with Crippen molar-refractivity contribution in [2.75, 3.05) is 7.11 Å². The van der Waals surface area contributed by atoms with Crippen LogP contribution in [0.2, 0.25) is 0 Å². The van der Waals surface area contributed by atoms with E-state index in [9.17, 15) is 4.79 Å². The molecular weight excluding hydrogens is 224 g/mol. The van der Waals surface area contributed by atoms with Gasteiger partial charge in [-0.25, -0.2) is 0 Å². The van der Waals surface area contributed by atoms with E-state index in [1.54, 1.807) is 19.2 Å². The first-order chi connectivity index (χ1) is 8.72. The molecule has 0 aliphatic rings. The predicted octanol–water partition coefficient (Wildman–Crippen LogP) is 3.92. The maximum absolute atomic E-state index is 12.0. The van der Waals surface area contributed by atoms with Gasteiger partial charge in [-0.3, -0.25) is 4.79 Å². The molecule has 94 valence electrons. The average molecular weight is 242 g/mol. The van der Waals surface area contributed by atoms with Gasteiger partial charge in [0, 0.05) is 17.2 Å². The van der Waals surface area contributed by atoms with E-state index >= 15 is 0 Å². The Bertz CT molecular complexity index is 479. The molecule has 0 atom stereocenters. The zero-order chi connectivity index (χ0) is 13.4. The van der Waals surface area contributed by atoms with E-state index in [0.717, 1.165) is 5.57 Å². The molecule has 1 rings (SSSR count). The Hall–Kier alpha value is -2.09. The Labute approximate surface area is 108 Å². The number of benzene rings is 1. The van der Waals surface area contributed by atoms with Crippen molar-refractivity contribution in [2.24, 2.45) is 0 Å². The number of ketones is 1. The van der Waals surface area contributed by atoms with Crippen LogP contribution < -0.4 is 0 Å². The molecule has 0 aliphatic heterocycles. The number of ether oxygens (including phenoxy) is 1. The van der Waals surface area contributed by atoms with Gasteiger partial charge in [0.05, 0.1) is 7.11 Å². The highest BCUT2D eigenvalue weighted by atomic mass is 16.5. The molecule has 0 fully saturated rings. The average Bonchev–Trinajstić information content (AvgIpc) is 2.43. The first-order valence-corrected chi connectivity index (χ1v) is 5.87. The Morgan fingerprint density at radius 2 is 1.83 bits per heavy atom. The van der Waals surface area contributed by atoms with E-state index in [4.69, 9.17) is 4.74 Å². The van der Waals surface area contributed by atoms with Gasteiger partial charge in [-0.2, -0.15) is 0 Å². The summed E-state index contributed by atoms with van der Waals surface area (Å²) in [6.07, 6.45) is 7.25. The fraction of sp³-hybridized carbons (Fsp3) is 0.188. The van der Waals surface area contributed by atoms with Crippen molar-refractivity contribution in [1.29, 1.82) is 0 Å². The van der Waals surface area contributed by atoms with Gasteiger partial charge in [0.25, 0.3) is 0 Å². The molecule has 0 spiro atoms. The number of hydrogen-bond donors (Lipinski definition) is 0. The Morgan fingerprint density at radius 1 is 1.17 bits per heavy atom. The summed E-state index contributed by atoms with van der Waals surface area (Å²) in [5, 5.41) is 0.